The average molecular weight is 280 g/mol. The molecular formula is C15H18ClNO2. The van der Waals surface area contributed by atoms with Crippen LogP contribution in [0.25, 0.3) is 6.08 Å². The van der Waals surface area contributed by atoms with Gasteiger partial charge in [0.15, 0.2) is 5.79 Å². The summed E-state index contributed by atoms with van der Waals surface area (Å²) in [7, 11) is 0. The van der Waals surface area contributed by atoms with Gasteiger partial charge in [-0.2, -0.15) is 0 Å². The van der Waals surface area contributed by atoms with E-state index in [0.29, 0.717) is 5.02 Å². The lowest BCUT2D eigenvalue weighted by molar-refractivity contribution is -0.171. The lowest BCUT2D eigenvalue weighted by atomic mass is 9.88. The molecule has 4 heteroatoms. The fourth-order valence-corrected chi connectivity index (χ4v) is 3.03. The van der Waals surface area contributed by atoms with Crippen molar-refractivity contribution in [3.8, 4) is 0 Å². The Bertz CT molecular complexity index is 475. The molecule has 1 saturated heterocycles. The molecular weight excluding hydrogens is 262 g/mol. The molecule has 3 rings (SSSR count). The SMILES string of the molecule is Nc1cccc(Cl)c1C=C1CCC2(CC1)OCCO2. The molecule has 19 heavy (non-hydrogen) atoms. The van der Waals surface area contributed by atoms with Crippen LogP contribution in [0.15, 0.2) is 23.8 Å². The number of rotatable bonds is 1. The molecule has 0 radical (unpaired) electrons. The number of allylic oxidation sites excluding steroid dienone is 1. The van der Waals surface area contributed by atoms with Crippen LogP contribution >= 0.6 is 11.6 Å². The van der Waals surface area contributed by atoms with Crippen LogP contribution < -0.4 is 5.73 Å². The summed E-state index contributed by atoms with van der Waals surface area (Å²) in [5.41, 5.74) is 9.00. The minimum Gasteiger partial charge on any atom is -0.398 e. The van der Waals surface area contributed by atoms with E-state index in [1.54, 1.807) is 0 Å². The molecule has 3 nitrogen and oxygen atoms in total. The van der Waals surface area contributed by atoms with Crippen LogP contribution in [0.5, 0.6) is 0 Å². The van der Waals surface area contributed by atoms with Crippen LogP contribution in [0.3, 0.4) is 0 Å². The molecule has 1 spiro atoms. The molecule has 2 aliphatic rings. The molecule has 1 aliphatic carbocycles. The smallest absolute Gasteiger partial charge is 0.169 e. The molecule has 1 saturated carbocycles. The van der Waals surface area contributed by atoms with E-state index in [4.69, 9.17) is 26.8 Å². The van der Waals surface area contributed by atoms with Crippen LogP contribution in [0.2, 0.25) is 5.02 Å². The van der Waals surface area contributed by atoms with E-state index < -0.39 is 0 Å². The van der Waals surface area contributed by atoms with Gasteiger partial charge in [-0.1, -0.05) is 29.3 Å². The first-order valence-corrected chi connectivity index (χ1v) is 7.08. The lowest BCUT2D eigenvalue weighted by Gasteiger charge is -2.32. The fraction of sp³-hybridized carbons (Fsp3) is 0.467. The van der Waals surface area contributed by atoms with E-state index in [1.807, 2.05) is 18.2 Å². The molecule has 0 bridgehead atoms. The van der Waals surface area contributed by atoms with Gasteiger partial charge in [-0.05, 0) is 25.0 Å². The van der Waals surface area contributed by atoms with Crippen LogP contribution in [-0.2, 0) is 9.47 Å². The number of nitrogens with two attached hydrogens (primary N) is 1. The number of hydrogen-bond acceptors (Lipinski definition) is 3. The van der Waals surface area contributed by atoms with Crippen molar-refractivity contribution in [2.45, 2.75) is 31.5 Å². The fourth-order valence-electron chi connectivity index (χ4n) is 2.79. The third-order valence-electron chi connectivity index (χ3n) is 3.90. The third kappa shape index (κ3) is 2.64. The van der Waals surface area contributed by atoms with Crippen LogP contribution in [0, 0.1) is 0 Å². The number of halogens is 1. The van der Waals surface area contributed by atoms with Crippen LogP contribution in [0.4, 0.5) is 5.69 Å². The highest BCUT2D eigenvalue weighted by Gasteiger charge is 2.38. The highest BCUT2D eigenvalue weighted by molar-refractivity contribution is 6.32. The van der Waals surface area contributed by atoms with Crippen LogP contribution in [-0.4, -0.2) is 19.0 Å². The van der Waals surface area contributed by atoms with Gasteiger partial charge < -0.3 is 15.2 Å². The van der Waals surface area contributed by atoms with E-state index in [0.717, 1.165) is 50.1 Å². The summed E-state index contributed by atoms with van der Waals surface area (Å²) in [6.07, 6.45) is 5.92. The van der Waals surface area contributed by atoms with Gasteiger partial charge in [-0.3, -0.25) is 0 Å². The second-order valence-corrected chi connectivity index (χ2v) is 5.56. The van der Waals surface area contributed by atoms with E-state index in [9.17, 15) is 0 Å². The lowest BCUT2D eigenvalue weighted by Crippen LogP contribution is -2.33. The zero-order valence-corrected chi connectivity index (χ0v) is 11.6. The average Bonchev–Trinajstić information content (AvgIpc) is 2.85. The summed E-state index contributed by atoms with van der Waals surface area (Å²) >= 11 is 6.20. The van der Waals surface area contributed by atoms with Crippen LogP contribution in [0.1, 0.15) is 31.2 Å². The molecule has 1 aliphatic heterocycles. The van der Waals surface area contributed by atoms with Crippen molar-refractivity contribution in [2.24, 2.45) is 0 Å². The maximum absolute atomic E-state index is 6.20. The Morgan fingerprint density at radius 1 is 1.16 bits per heavy atom. The van der Waals surface area contributed by atoms with Gasteiger partial charge in [0.25, 0.3) is 0 Å². The van der Waals surface area contributed by atoms with E-state index >= 15 is 0 Å². The van der Waals surface area contributed by atoms with Crippen molar-refractivity contribution in [3.05, 3.63) is 34.4 Å². The summed E-state index contributed by atoms with van der Waals surface area (Å²) in [5, 5.41) is 0.709. The molecule has 102 valence electrons. The Morgan fingerprint density at radius 2 is 1.84 bits per heavy atom. The maximum atomic E-state index is 6.20. The monoisotopic (exact) mass is 279 g/mol. The standard InChI is InChI=1S/C15H18ClNO2/c16-13-2-1-3-14(17)12(13)10-11-4-6-15(7-5-11)18-8-9-19-15/h1-3,10H,4-9,17H2. The highest BCUT2D eigenvalue weighted by atomic mass is 35.5. The highest BCUT2D eigenvalue weighted by Crippen LogP contribution is 2.39. The molecule has 0 unspecified atom stereocenters. The normalized spacial score (nSPS) is 21.8. The van der Waals surface area contributed by atoms with Crippen molar-refractivity contribution in [3.63, 3.8) is 0 Å². The van der Waals surface area contributed by atoms with Gasteiger partial charge in [-0.25, -0.2) is 0 Å². The number of ether oxygens (including phenoxy) is 2. The molecule has 1 aromatic carbocycles. The Labute approximate surface area is 118 Å². The zero-order chi connectivity index (χ0) is 13.3. The minimum atomic E-state index is -0.316. The molecule has 1 heterocycles. The van der Waals surface area contributed by atoms with Crippen molar-refractivity contribution >= 4 is 23.4 Å². The Balaban J connectivity index is 1.76. The van der Waals surface area contributed by atoms with Crippen molar-refractivity contribution < 1.29 is 9.47 Å². The predicted molar refractivity (Wildman–Crippen MR) is 76.9 cm³/mol. The minimum absolute atomic E-state index is 0.316. The zero-order valence-electron chi connectivity index (χ0n) is 10.8. The summed E-state index contributed by atoms with van der Waals surface area (Å²) < 4.78 is 11.5. The molecule has 2 fully saturated rings. The first kappa shape index (κ1) is 13.0. The molecule has 0 aromatic heterocycles. The van der Waals surface area contributed by atoms with Crippen molar-refractivity contribution in [1.29, 1.82) is 0 Å². The second kappa shape index (κ2) is 5.16. The van der Waals surface area contributed by atoms with Gasteiger partial charge in [0.05, 0.1) is 13.2 Å². The Morgan fingerprint density at radius 3 is 2.47 bits per heavy atom. The first-order valence-electron chi connectivity index (χ1n) is 6.70. The summed E-state index contributed by atoms with van der Waals surface area (Å²) in [6, 6.07) is 5.62. The first-order chi connectivity index (χ1) is 9.19. The molecule has 0 atom stereocenters. The summed E-state index contributed by atoms with van der Waals surface area (Å²) in [6.45, 7) is 1.44. The number of anilines is 1. The second-order valence-electron chi connectivity index (χ2n) is 5.15. The maximum Gasteiger partial charge on any atom is 0.169 e. The van der Waals surface area contributed by atoms with Gasteiger partial charge in [0, 0.05) is 29.1 Å². The van der Waals surface area contributed by atoms with Gasteiger partial charge in [0.2, 0.25) is 0 Å². The van der Waals surface area contributed by atoms with E-state index in [-0.39, 0.29) is 5.79 Å². The number of hydrogen-bond donors (Lipinski definition) is 1. The number of benzene rings is 1. The Kier molecular flexibility index (Phi) is 3.52. The third-order valence-corrected chi connectivity index (χ3v) is 4.23. The molecule has 1 aromatic rings. The molecule has 2 N–H and O–H groups in total. The summed E-state index contributed by atoms with van der Waals surface area (Å²) in [5.74, 6) is -0.316. The predicted octanol–water partition coefficient (Wildman–Crippen LogP) is 3.62. The van der Waals surface area contributed by atoms with Crippen molar-refractivity contribution in [1.82, 2.24) is 0 Å². The number of nitrogen functional groups attached to an aromatic ring is 1. The summed E-state index contributed by atoms with van der Waals surface area (Å²) in [4.78, 5) is 0. The molecule has 0 amide bonds. The van der Waals surface area contributed by atoms with Crippen molar-refractivity contribution in [2.75, 3.05) is 18.9 Å². The van der Waals surface area contributed by atoms with Gasteiger partial charge in [0.1, 0.15) is 0 Å². The Hall–Kier alpha value is -1.03. The largest absolute Gasteiger partial charge is 0.398 e. The van der Waals surface area contributed by atoms with Gasteiger partial charge in [-0.15, -0.1) is 0 Å². The van der Waals surface area contributed by atoms with E-state index in [1.165, 1.54) is 5.57 Å². The topological polar surface area (TPSA) is 44.5 Å². The van der Waals surface area contributed by atoms with Gasteiger partial charge >= 0.3 is 0 Å². The quantitative estimate of drug-likeness (QED) is 0.799. The van der Waals surface area contributed by atoms with E-state index in [2.05, 4.69) is 6.08 Å².